The summed E-state index contributed by atoms with van der Waals surface area (Å²) in [6.45, 7) is 2.97. The summed E-state index contributed by atoms with van der Waals surface area (Å²) < 4.78 is 25.8. The lowest BCUT2D eigenvalue weighted by atomic mass is 10.3. The van der Waals surface area contributed by atoms with Crippen LogP contribution in [0.1, 0.15) is 12.5 Å². The van der Waals surface area contributed by atoms with E-state index in [0.29, 0.717) is 41.5 Å². The smallest absolute Gasteiger partial charge is 0.230 e. The van der Waals surface area contributed by atoms with Crippen LogP contribution in [0.2, 0.25) is 0 Å². The molecule has 0 fully saturated rings. The first-order chi connectivity index (χ1) is 15.6. The van der Waals surface area contributed by atoms with Crippen molar-refractivity contribution in [1.29, 1.82) is 0 Å². The van der Waals surface area contributed by atoms with E-state index in [2.05, 4.69) is 20.5 Å². The number of amides is 1. The summed E-state index contributed by atoms with van der Waals surface area (Å²) in [5.74, 6) is 1.88. The van der Waals surface area contributed by atoms with Crippen LogP contribution < -0.4 is 10.1 Å². The van der Waals surface area contributed by atoms with E-state index >= 15 is 0 Å². The molecule has 32 heavy (non-hydrogen) atoms. The number of benzene rings is 1. The number of carbonyl (C=O) groups is 1. The minimum absolute atomic E-state index is 0.133. The first-order valence-electron chi connectivity index (χ1n) is 9.87. The molecule has 3 aromatic heterocycles. The van der Waals surface area contributed by atoms with Gasteiger partial charge in [0.05, 0.1) is 12.0 Å². The normalized spacial score (nSPS) is 10.8. The molecule has 1 aromatic carbocycles. The van der Waals surface area contributed by atoms with Crippen LogP contribution in [0, 0.1) is 5.82 Å². The quantitative estimate of drug-likeness (QED) is 0.378. The van der Waals surface area contributed by atoms with Crippen molar-refractivity contribution in [1.82, 2.24) is 25.1 Å². The summed E-state index contributed by atoms with van der Waals surface area (Å²) in [7, 11) is 0. The maximum atomic E-state index is 13.0. The Morgan fingerprint density at radius 2 is 2.03 bits per heavy atom. The van der Waals surface area contributed by atoms with E-state index in [0.717, 1.165) is 5.56 Å². The Morgan fingerprint density at radius 3 is 2.72 bits per heavy atom. The second kappa shape index (κ2) is 10.1. The van der Waals surface area contributed by atoms with E-state index in [1.165, 1.54) is 36.0 Å². The summed E-state index contributed by atoms with van der Waals surface area (Å²) in [4.78, 5) is 16.5. The van der Waals surface area contributed by atoms with E-state index in [-0.39, 0.29) is 17.5 Å². The molecule has 3 heterocycles. The van der Waals surface area contributed by atoms with Crippen molar-refractivity contribution in [2.45, 2.75) is 25.2 Å². The number of furan rings is 1. The Labute approximate surface area is 187 Å². The molecular weight excluding hydrogens is 433 g/mol. The van der Waals surface area contributed by atoms with Crippen LogP contribution in [-0.4, -0.2) is 31.4 Å². The molecule has 0 aliphatic rings. The molecule has 0 unspecified atom stereocenters. The number of hydrogen-bond acceptors (Lipinski definition) is 7. The topological polar surface area (TPSA) is 95.1 Å². The molecule has 8 nitrogen and oxygen atoms in total. The summed E-state index contributed by atoms with van der Waals surface area (Å²) in [6, 6.07) is 12.8. The fourth-order valence-corrected chi connectivity index (χ4v) is 3.68. The maximum absolute atomic E-state index is 13.0. The highest BCUT2D eigenvalue weighted by atomic mass is 32.2. The standard InChI is InChI=1S/C22H20FN5O3S/c1-2-28-21(18-4-3-11-30-18)26-27-22(28)32-14-19(29)24-12-15-5-10-20(25-13-15)31-17-8-6-16(23)7-9-17/h3-11,13H,2,12,14H2,1H3,(H,24,29). The van der Waals surface area contributed by atoms with E-state index in [9.17, 15) is 9.18 Å². The zero-order chi connectivity index (χ0) is 22.3. The van der Waals surface area contributed by atoms with Crippen LogP contribution in [0.15, 0.2) is 70.6 Å². The monoisotopic (exact) mass is 453 g/mol. The second-order valence-electron chi connectivity index (χ2n) is 6.65. The number of nitrogens with zero attached hydrogens (tertiary/aromatic N) is 4. The van der Waals surface area contributed by atoms with Gasteiger partial charge in [-0.2, -0.15) is 0 Å². The average Bonchev–Trinajstić information content (AvgIpc) is 3.48. The Balaban J connectivity index is 1.27. The van der Waals surface area contributed by atoms with Crippen molar-refractivity contribution in [2.75, 3.05) is 5.75 Å². The number of thioether (sulfide) groups is 1. The Hall–Kier alpha value is -3.66. The number of carbonyl (C=O) groups excluding carboxylic acids is 1. The fourth-order valence-electron chi connectivity index (χ4n) is 2.85. The lowest BCUT2D eigenvalue weighted by Crippen LogP contribution is -2.24. The third-order valence-corrected chi connectivity index (χ3v) is 5.40. The number of halogens is 1. The molecule has 4 aromatic rings. The van der Waals surface area contributed by atoms with Crippen LogP contribution in [0.4, 0.5) is 4.39 Å². The third-order valence-electron chi connectivity index (χ3n) is 4.43. The molecule has 0 aliphatic carbocycles. The third kappa shape index (κ3) is 5.33. The first kappa shape index (κ1) is 21.6. The first-order valence-corrected chi connectivity index (χ1v) is 10.9. The van der Waals surface area contributed by atoms with Gasteiger partial charge in [-0.25, -0.2) is 9.37 Å². The maximum Gasteiger partial charge on any atom is 0.230 e. The summed E-state index contributed by atoms with van der Waals surface area (Å²) in [5, 5.41) is 11.9. The van der Waals surface area contributed by atoms with Crippen molar-refractivity contribution < 1.29 is 18.3 Å². The highest BCUT2D eigenvalue weighted by molar-refractivity contribution is 7.99. The van der Waals surface area contributed by atoms with Gasteiger partial charge in [0.15, 0.2) is 16.7 Å². The predicted molar refractivity (Wildman–Crippen MR) is 117 cm³/mol. The Morgan fingerprint density at radius 1 is 1.19 bits per heavy atom. The lowest BCUT2D eigenvalue weighted by molar-refractivity contribution is -0.118. The van der Waals surface area contributed by atoms with Gasteiger partial charge >= 0.3 is 0 Å². The highest BCUT2D eigenvalue weighted by Crippen LogP contribution is 2.24. The van der Waals surface area contributed by atoms with Crippen molar-refractivity contribution in [3.63, 3.8) is 0 Å². The number of hydrogen-bond donors (Lipinski definition) is 1. The number of nitrogens with one attached hydrogen (secondary N) is 1. The molecule has 0 saturated carbocycles. The van der Waals surface area contributed by atoms with Gasteiger partial charge in [-0.15, -0.1) is 10.2 Å². The largest absolute Gasteiger partial charge is 0.461 e. The van der Waals surface area contributed by atoms with Crippen molar-refractivity contribution >= 4 is 17.7 Å². The Kier molecular flexibility index (Phi) is 6.81. The number of rotatable bonds is 9. The minimum Gasteiger partial charge on any atom is -0.461 e. The summed E-state index contributed by atoms with van der Waals surface area (Å²) >= 11 is 1.31. The SMILES string of the molecule is CCn1c(SCC(=O)NCc2ccc(Oc3ccc(F)cc3)nc2)nnc1-c1ccco1. The van der Waals surface area contributed by atoms with E-state index in [1.807, 2.05) is 23.6 Å². The molecule has 164 valence electrons. The molecule has 0 spiro atoms. The molecule has 0 atom stereocenters. The summed E-state index contributed by atoms with van der Waals surface area (Å²) in [6.07, 6.45) is 3.20. The average molecular weight is 453 g/mol. The van der Waals surface area contributed by atoms with E-state index < -0.39 is 0 Å². The van der Waals surface area contributed by atoms with Crippen LogP contribution >= 0.6 is 11.8 Å². The van der Waals surface area contributed by atoms with Gasteiger partial charge in [-0.3, -0.25) is 9.36 Å². The molecule has 0 saturated heterocycles. The second-order valence-corrected chi connectivity index (χ2v) is 7.60. The van der Waals surface area contributed by atoms with Gasteiger partial charge < -0.3 is 14.5 Å². The van der Waals surface area contributed by atoms with Gasteiger partial charge in [-0.1, -0.05) is 17.8 Å². The van der Waals surface area contributed by atoms with Crippen LogP contribution in [0.25, 0.3) is 11.6 Å². The molecule has 10 heteroatoms. The Bertz CT molecular complexity index is 1160. The molecule has 1 N–H and O–H groups in total. The van der Waals surface area contributed by atoms with Crippen molar-refractivity contribution in [3.8, 4) is 23.2 Å². The van der Waals surface area contributed by atoms with Crippen LogP contribution in [0.5, 0.6) is 11.6 Å². The van der Waals surface area contributed by atoms with Gasteiger partial charge in [0.2, 0.25) is 11.8 Å². The fraction of sp³-hybridized carbons (Fsp3) is 0.182. The molecular formula is C22H20FN5O3S. The van der Waals surface area contributed by atoms with Gasteiger partial charge in [0.1, 0.15) is 11.6 Å². The molecule has 0 bridgehead atoms. The number of aromatic nitrogens is 4. The van der Waals surface area contributed by atoms with E-state index in [1.54, 1.807) is 24.6 Å². The predicted octanol–water partition coefficient (Wildman–Crippen LogP) is 4.29. The number of ether oxygens (including phenoxy) is 1. The number of pyridine rings is 1. The van der Waals surface area contributed by atoms with Gasteiger partial charge in [-0.05, 0) is 48.9 Å². The molecule has 4 rings (SSSR count). The molecule has 0 radical (unpaired) electrons. The van der Waals surface area contributed by atoms with E-state index in [4.69, 9.17) is 9.15 Å². The van der Waals surface area contributed by atoms with Gasteiger partial charge in [0.25, 0.3) is 0 Å². The lowest BCUT2D eigenvalue weighted by Gasteiger charge is -2.08. The van der Waals surface area contributed by atoms with Crippen molar-refractivity contribution in [3.05, 3.63) is 72.4 Å². The zero-order valence-corrected chi connectivity index (χ0v) is 18.0. The van der Waals surface area contributed by atoms with Crippen molar-refractivity contribution in [2.24, 2.45) is 0 Å². The zero-order valence-electron chi connectivity index (χ0n) is 17.2. The molecule has 0 aliphatic heterocycles. The van der Waals surface area contributed by atoms with Gasteiger partial charge in [0, 0.05) is 25.4 Å². The van der Waals surface area contributed by atoms with Crippen LogP contribution in [-0.2, 0) is 17.9 Å². The van der Waals surface area contributed by atoms with Crippen LogP contribution in [0.3, 0.4) is 0 Å². The minimum atomic E-state index is -0.331. The highest BCUT2D eigenvalue weighted by Gasteiger charge is 2.16. The summed E-state index contributed by atoms with van der Waals surface area (Å²) in [5.41, 5.74) is 0.826. The molecule has 1 amide bonds.